The molecule has 1 amide bonds. The largest absolute Gasteiger partial charge is 0.389 e. The Hall–Kier alpha value is -1.84. The van der Waals surface area contributed by atoms with Crippen molar-refractivity contribution >= 4 is 11.7 Å². The van der Waals surface area contributed by atoms with Gasteiger partial charge in [-0.05, 0) is 53.1 Å². The zero-order valence-electron chi connectivity index (χ0n) is 16.0. The van der Waals surface area contributed by atoms with Gasteiger partial charge in [0.25, 0.3) is 0 Å². The summed E-state index contributed by atoms with van der Waals surface area (Å²) in [6, 6.07) is 2.61. The van der Waals surface area contributed by atoms with Crippen LogP contribution in [0.4, 0.5) is 5.82 Å². The summed E-state index contributed by atoms with van der Waals surface area (Å²) < 4.78 is 2.15. The predicted molar refractivity (Wildman–Crippen MR) is 98.6 cm³/mol. The number of carbonyl (C=O) groups excluding carboxylic acids is 1. The standard InChI is InChI=1S/C19H30N4O2/c1-13-14(2)23(15-8-6-7-9-15)18(16(13)10-20)21-17(24)11-22(5)12-19(3,4)25/h15,25H,6-9,11-12H2,1-5H3,(H,21,24). The average Bonchev–Trinajstić information content (AvgIpc) is 3.05. The Balaban J connectivity index is 2.22. The van der Waals surface area contributed by atoms with Crippen molar-refractivity contribution in [3.8, 4) is 6.07 Å². The molecule has 1 heterocycles. The van der Waals surface area contributed by atoms with E-state index < -0.39 is 5.60 Å². The van der Waals surface area contributed by atoms with E-state index in [9.17, 15) is 15.2 Å². The van der Waals surface area contributed by atoms with Gasteiger partial charge in [-0.25, -0.2) is 0 Å². The molecule has 1 saturated carbocycles. The van der Waals surface area contributed by atoms with Gasteiger partial charge in [0, 0.05) is 18.3 Å². The number of rotatable bonds is 6. The highest BCUT2D eigenvalue weighted by atomic mass is 16.3. The second-order valence-corrected chi connectivity index (χ2v) is 7.89. The molecule has 2 N–H and O–H groups in total. The molecule has 138 valence electrons. The van der Waals surface area contributed by atoms with E-state index in [4.69, 9.17) is 0 Å². The predicted octanol–water partition coefficient (Wildman–Crippen LogP) is 2.73. The minimum Gasteiger partial charge on any atom is -0.389 e. The molecule has 1 aliphatic carbocycles. The van der Waals surface area contributed by atoms with Gasteiger partial charge in [0.1, 0.15) is 11.9 Å². The molecular formula is C19H30N4O2. The van der Waals surface area contributed by atoms with Crippen LogP contribution in [0.25, 0.3) is 0 Å². The van der Waals surface area contributed by atoms with Crippen LogP contribution in [0, 0.1) is 25.2 Å². The van der Waals surface area contributed by atoms with Crippen molar-refractivity contribution in [1.29, 1.82) is 5.26 Å². The van der Waals surface area contributed by atoms with Gasteiger partial charge in [-0.15, -0.1) is 0 Å². The number of aromatic nitrogens is 1. The van der Waals surface area contributed by atoms with Gasteiger partial charge in [-0.3, -0.25) is 9.69 Å². The molecule has 0 saturated heterocycles. The Morgan fingerprint density at radius 2 is 2.00 bits per heavy atom. The van der Waals surface area contributed by atoms with Crippen LogP contribution in [-0.2, 0) is 4.79 Å². The maximum atomic E-state index is 12.5. The third kappa shape index (κ3) is 4.62. The van der Waals surface area contributed by atoms with Gasteiger partial charge >= 0.3 is 0 Å². The molecule has 1 aromatic rings. The summed E-state index contributed by atoms with van der Waals surface area (Å²) in [6.07, 6.45) is 4.54. The molecule has 1 fully saturated rings. The molecule has 0 atom stereocenters. The van der Waals surface area contributed by atoms with Crippen molar-refractivity contribution in [2.75, 3.05) is 25.5 Å². The fourth-order valence-corrected chi connectivity index (χ4v) is 3.84. The van der Waals surface area contributed by atoms with Crippen LogP contribution >= 0.6 is 0 Å². The summed E-state index contributed by atoms with van der Waals surface area (Å²) in [4.78, 5) is 14.3. The fourth-order valence-electron chi connectivity index (χ4n) is 3.84. The van der Waals surface area contributed by atoms with E-state index in [1.165, 1.54) is 12.8 Å². The zero-order chi connectivity index (χ0) is 18.8. The quantitative estimate of drug-likeness (QED) is 0.830. The number of amides is 1. The molecule has 25 heavy (non-hydrogen) atoms. The fraction of sp³-hybridized carbons (Fsp3) is 0.684. The van der Waals surface area contributed by atoms with Crippen molar-refractivity contribution in [2.45, 2.75) is 65.0 Å². The lowest BCUT2D eigenvalue weighted by atomic mass is 10.1. The number of likely N-dealkylation sites (N-methyl/N-ethyl adjacent to an activating group) is 1. The van der Waals surface area contributed by atoms with Gasteiger partial charge in [0.15, 0.2) is 0 Å². The Labute approximate surface area is 150 Å². The average molecular weight is 346 g/mol. The van der Waals surface area contributed by atoms with E-state index >= 15 is 0 Å². The minimum absolute atomic E-state index is 0.167. The molecule has 1 aromatic heterocycles. The molecule has 0 radical (unpaired) electrons. The molecular weight excluding hydrogens is 316 g/mol. The Bertz CT molecular complexity index is 673. The normalized spacial score (nSPS) is 15.6. The highest BCUT2D eigenvalue weighted by Gasteiger charge is 2.27. The first-order valence-electron chi connectivity index (χ1n) is 8.96. The van der Waals surface area contributed by atoms with Gasteiger partial charge < -0.3 is 15.0 Å². The van der Waals surface area contributed by atoms with E-state index in [1.54, 1.807) is 25.8 Å². The molecule has 6 nitrogen and oxygen atoms in total. The van der Waals surface area contributed by atoms with Crippen molar-refractivity contribution in [3.05, 3.63) is 16.8 Å². The Morgan fingerprint density at radius 1 is 1.40 bits per heavy atom. The first-order chi connectivity index (χ1) is 11.6. The topological polar surface area (TPSA) is 81.3 Å². The maximum absolute atomic E-state index is 12.5. The van der Waals surface area contributed by atoms with Crippen molar-refractivity contribution < 1.29 is 9.90 Å². The number of nitrogens with zero attached hydrogens (tertiary/aromatic N) is 3. The second-order valence-electron chi connectivity index (χ2n) is 7.89. The SMILES string of the molecule is Cc1c(C#N)c(NC(=O)CN(C)CC(C)(C)O)n(C2CCCC2)c1C. The third-order valence-corrected chi connectivity index (χ3v) is 4.89. The highest BCUT2D eigenvalue weighted by molar-refractivity contribution is 5.93. The Morgan fingerprint density at radius 3 is 2.52 bits per heavy atom. The zero-order valence-corrected chi connectivity index (χ0v) is 16.0. The molecule has 6 heteroatoms. The van der Waals surface area contributed by atoms with Crippen molar-refractivity contribution in [2.24, 2.45) is 0 Å². The van der Waals surface area contributed by atoms with Crippen LogP contribution in [0.15, 0.2) is 0 Å². The highest BCUT2D eigenvalue weighted by Crippen LogP contribution is 2.37. The molecule has 2 rings (SSSR count). The first kappa shape index (κ1) is 19.5. The van der Waals surface area contributed by atoms with Gasteiger partial charge in [0.05, 0.1) is 17.7 Å². The molecule has 0 unspecified atom stereocenters. The van der Waals surface area contributed by atoms with E-state index in [1.807, 2.05) is 13.8 Å². The number of hydrogen-bond donors (Lipinski definition) is 2. The first-order valence-corrected chi connectivity index (χ1v) is 8.96. The second kappa shape index (κ2) is 7.59. The lowest BCUT2D eigenvalue weighted by Crippen LogP contribution is -2.40. The summed E-state index contributed by atoms with van der Waals surface area (Å²) in [7, 11) is 1.80. The summed E-state index contributed by atoms with van der Waals surface area (Å²) in [5.74, 6) is 0.464. The van der Waals surface area contributed by atoms with Crippen LogP contribution in [0.5, 0.6) is 0 Å². The number of nitriles is 1. The van der Waals surface area contributed by atoms with E-state index in [-0.39, 0.29) is 12.5 Å². The van der Waals surface area contributed by atoms with E-state index in [0.29, 0.717) is 24.0 Å². The van der Waals surface area contributed by atoms with Gasteiger partial charge in [-0.1, -0.05) is 12.8 Å². The van der Waals surface area contributed by atoms with Crippen LogP contribution in [0.3, 0.4) is 0 Å². The monoisotopic (exact) mass is 346 g/mol. The third-order valence-electron chi connectivity index (χ3n) is 4.89. The van der Waals surface area contributed by atoms with E-state index in [2.05, 4.69) is 16.0 Å². The van der Waals surface area contributed by atoms with Crippen molar-refractivity contribution in [1.82, 2.24) is 9.47 Å². The van der Waals surface area contributed by atoms with Crippen LogP contribution in [0.2, 0.25) is 0 Å². The smallest absolute Gasteiger partial charge is 0.239 e. The molecule has 1 aliphatic rings. The van der Waals surface area contributed by atoms with Crippen LogP contribution in [0.1, 0.15) is 62.4 Å². The molecule has 0 aliphatic heterocycles. The van der Waals surface area contributed by atoms with Gasteiger partial charge in [0.2, 0.25) is 5.91 Å². The number of anilines is 1. The summed E-state index contributed by atoms with van der Waals surface area (Å²) in [5, 5.41) is 22.4. The lowest BCUT2D eigenvalue weighted by Gasteiger charge is -2.25. The molecule has 0 spiro atoms. The number of hydrogen-bond acceptors (Lipinski definition) is 4. The van der Waals surface area contributed by atoms with Crippen LogP contribution in [-0.4, -0.2) is 46.2 Å². The number of carbonyl (C=O) groups is 1. The number of nitrogens with one attached hydrogen (secondary N) is 1. The summed E-state index contributed by atoms with van der Waals surface area (Å²) >= 11 is 0. The Kier molecular flexibility index (Phi) is 5.91. The molecule has 0 bridgehead atoms. The van der Waals surface area contributed by atoms with E-state index in [0.717, 1.165) is 24.1 Å². The lowest BCUT2D eigenvalue weighted by molar-refractivity contribution is -0.117. The summed E-state index contributed by atoms with van der Waals surface area (Å²) in [5.41, 5.74) is 1.70. The molecule has 0 aromatic carbocycles. The van der Waals surface area contributed by atoms with Crippen molar-refractivity contribution in [3.63, 3.8) is 0 Å². The number of aliphatic hydroxyl groups is 1. The van der Waals surface area contributed by atoms with Gasteiger partial charge in [-0.2, -0.15) is 5.26 Å². The van der Waals surface area contributed by atoms with Crippen LogP contribution < -0.4 is 5.32 Å². The minimum atomic E-state index is -0.857. The maximum Gasteiger partial charge on any atom is 0.239 e. The summed E-state index contributed by atoms with van der Waals surface area (Å²) in [6.45, 7) is 7.95.